The summed E-state index contributed by atoms with van der Waals surface area (Å²) in [4.78, 5) is 10.3. The molecule has 1 aliphatic heterocycles. The van der Waals surface area contributed by atoms with E-state index >= 15 is 0 Å². The minimum atomic E-state index is -1.05. The van der Waals surface area contributed by atoms with Crippen LogP contribution in [-0.2, 0) is 4.79 Å². The highest BCUT2D eigenvalue weighted by molar-refractivity contribution is 5.73. The van der Waals surface area contributed by atoms with Gasteiger partial charge in [-0.2, -0.15) is 0 Å². The van der Waals surface area contributed by atoms with Gasteiger partial charge < -0.3 is 10.8 Å². The number of carbonyl (C=O) groups is 1. The quantitative estimate of drug-likeness (QED) is 0.285. The van der Waals surface area contributed by atoms with Gasteiger partial charge in [0.25, 0.3) is 0 Å². The van der Waals surface area contributed by atoms with Crippen LogP contribution in [0.25, 0.3) is 0 Å². The molecule has 0 saturated carbocycles. The van der Waals surface area contributed by atoms with Crippen LogP contribution in [0.4, 0.5) is 0 Å². The first-order valence-corrected chi connectivity index (χ1v) is 3.10. The SMILES string of the molecule is C#CC1(C[C@H](N)C(=O)O)NN1. The molecule has 0 unspecified atom stereocenters. The summed E-state index contributed by atoms with van der Waals surface area (Å²) in [7, 11) is 0. The normalized spacial score (nSPS) is 21.8. The van der Waals surface area contributed by atoms with E-state index in [1.807, 2.05) is 0 Å². The van der Waals surface area contributed by atoms with Gasteiger partial charge in [-0.1, -0.05) is 5.92 Å². The predicted molar refractivity (Wildman–Crippen MR) is 38.1 cm³/mol. The largest absolute Gasteiger partial charge is 0.480 e. The first-order chi connectivity index (χ1) is 5.09. The van der Waals surface area contributed by atoms with Crippen LogP contribution >= 0.6 is 0 Å². The van der Waals surface area contributed by atoms with Crippen LogP contribution in [0, 0.1) is 12.3 Å². The van der Waals surface area contributed by atoms with Crippen molar-refractivity contribution in [1.29, 1.82) is 0 Å². The third-order valence-corrected chi connectivity index (χ3v) is 1.52. The fourth-order valence-corrected chi connectivity index (χ4v) is 0.726. The molecule has 1 rings (SSSR count). The molecule has 0 bridgehead atoms. The third kappa shape index (κ3) is 1.68. The van der Waals surface area contributed by atoms with Gasteiger partial charge in [0.2, 0.25) is 0 Å². The Kier molecular flexibility index (Phi) is 1.83. The summed E-state index contributed by atoms with van der Waals surface area (Å²) in [5.41, 5.74) is 9.87. The van der Waals surface area contributed by atoms with Gasteiger partial charge in [-0.15, -0.1) is 6.42 Å². The molecule has 1 saturated heterocycles. The Morgan fingerprint density at radius 1 is 1.82 bits per heavy atom. The summed E-state index contributed by atoms with van der Waals surface area (Å²) in [5.74, 6) is 1.33. The lowest BCUT2D eigenvalue weighted by atomic mass is 10.1. The Labute approximate surface area is 63.9 Å². The molecule has 1 heterocycles. The van der Waals surface area contributed by atoms with Crippen LogP contribution in [0.3, 0.4) is 0 Å². The van der Waals surface area contributed by atoms with Gasteiger partial charge in [-0.3, -0.25) is 4.79 Å². The number of hydrogen-bond acceptors (Lipinski definition) is 4. The number of hydrogen-bond donors (Lipinski definition) is 4. The molecule has 0 spiro atoms. The van der Waals surface area contributed by atoms with Crippen molar-refractivity contribution in [2.24, 2.45) is 5.73 Å². The van der Waals surface area contributed by atoms with Gasteiger partial charge in [0.1, 0.15) is 6.04 Å². The van der Waals surface area contributed by atoms with E-state index in [1.165, 1.54) is 0 Å². The van der Waals surface area contributed by atoms with Crippen molar-refractivity contribution in [3.05, 3.63) is 0 Å². The van der Waals surface area contributed by atoms with Crippen LogP contribution in [-0.4, -0.2) is 22.8 Å². The molecule has 0 aromatic heterocycles. The standard InChI is InChI=1S/C6H9N3O2/c1-2-6(8-9-6)3-4(7)5(10)11/h1,4,8-9H,3,7H2,(H,10,11)/t4-/m0/s1. The molecule has 60 valence electrons. The van der Waals surface area contributed by atoms with Crippen LogP contribution in [0.2, 0.25) is 0 Å². The van der Waals surface area contributed by atoms with Crippen molar-refractivity contribution in [2.75, 3.05) is 0 Å². The Hall–Kier alpha value is -1.09. The topological polar surface area (TPSA) is 107 Å². The maximum atomic E-state index is 10.3. The zero-order chi connectivity index (χ0) is 8.48. The number of hydrazine groups is 1. The van der Waals surface area contributed by atoms with Gasteiger partial charge in [0, 0.05) is 6.42 Å². The molecule has 1 atom stereocenters. The maximum Gasteiger partial charge on any atom is 0.320 e. The summed E-state index contributed by atoms with van der Waals surface area (Å²) in [6.45, 7) is 0. The zero-order valence-corrected chi connectivity index (χ0v) is 5.79. The van der Waals surface area contributed by atoms with E-state index in [0.717, 1.165) is 0 Å². The number of carboxylic acids is 1. The molecule has 0 aliphatic carbocycles. The summed E-state index contributed by atoms with van der Waals surface area (Å²) >= 11 is 0. The van der Waals surface area contributed by atoms with Gasteiger partial charge in [0.15, 0.2) is 5.66 Å². The molecule has 0 amide bonds. The Morgan fingerprint density at radius 3 is 2.64 bits per heavy atom. The fraction of sp³-hybridized carbons (Fsp3) is 0.500. The van der Waals surface area contributed by atoms with Crippen molar-refractivity contribution >= 4 is 5.97 Å². The molecule has 5 nitrogen and oxygen atoms in total. The second-order valence-corrected chi connectivity index (χ2v) is 2.45. The van der Waals surface area contributed by atoms with Crippen molar-refractivity contribution in [3.8, 4) is 12.3 Å². The molecular weight excluding hydrogens is 146 g/mol. The first-order valence-electron chi connectivity index (χ1n) is 3.10. The van der Waals surface area contributed by atoms with E-state index in [0.29, 0.717) is 0 Å². The minimum Gasteiger partial charge on any atom is -0.480 e. The highest BCUT2D eigenvalue weighted by Crippen LogP contribution is 2.14. The van der Waals surface area contributed by atoms with Crippen LogP contribution in [0.5, 0.6) is 0 Å². The Bertz CT molecular complexity index is 216. The molecular formula is C6H9N3O2. The maximum absolute atomic E-state index is 10.3. The zero-order valence-electron chi connectivity index (χ0n) is 5.79. The summed E-state index contributed by atoms with van der Waals surface area (Å²) < 4.78 is 0. The highest BCUT2D eigenvalue weighted by Gasteiger charge is 2.42. The van der Waals surface area contributed by atoms with Crippen molar-refractivity contribution in [3.63, 3.8) is 0 Å². The average molecular weight is 155 g/mol. The second kappa shape index (κ2) is 2.51. The van der Waals surface area contributed by atoms with Gasteiger partial charge >= 0.3 is 5.97 Å². The predicted octanol–water partition coefficient (Wildman–Crippen LogP) is -1.77. The molecule has 1 aliphatic rings. The molecule has 0 radical (unpaired) electrons. The van der Waals surface area contributed by atoms with Gasteiger partial charge in [-0.05, 0) is 0 Å². The first kappa shape index (κ1) is 8.01. The number of nitrogens with two attached hydrogens (primary N) is 1. The van der Waals surface area contributed by atoms with Crippen molar-refractivity contribution in [2.45, 2.75) is 18.1 Å². The van der Waals surface area contributed by atoms with Crippen molar-refractivity contribution < 1.29 is 9.90 Å². The Balaban J connectivity index is 2.43. The number of nitrogens with one attached hydrogen (secondary N) is 2. The van der Waals surface area contributed by atoms with Crippen molar-refractivity contribution in [1.82, 2.24) is 10.9 Å². The number of terminal acetylenes is 1. The van der Waals surface area contributed by atoms with Crippen LogP contribution in [0.1, 0.15) is 6.42 Å². The molecule has 5 N–H and O–H groups in total. The molecule has 0 aromatic carbocycles. The van der Waals surface area contributed by atoms with E-state index in [-0.39, 0.29) is 6.42 Å². The van der Waals surface area contributed by atoms with E-state index in [4.69, 9.17) is 17.3 Å². The molecule has 1 fully saturated rings. The molecule has 0 aromatic rings. The monoisotopic (exact) mass is 155 g/mol. The lowest BCUT2D eigenvalue weighted by Crippen LogP contribution is -2.36. The molecule has 5 heteroatoms. The summed E-state index contributed by atoms with van der Waals surface area (Å²) in [5, 5.41) is 8.42. The van der Waals surface area contributed by atoms with Crippen LogP contribution in [0.15, 0.2) is 0 Å². The van der Waals surface area contributed by atoms with Crippen LogP contribution < -0.4 is 16.6 Å². The third-order valence-electron chi connectivity index (χ3n) is 1.52. The average Bonchev–Trinajstić information content (AvgIpc) is 2.69. The van der Waals surface area contributed by atoms with E-state index in [9.17, 15) is 4.79 Å². The highest BCUT2D eigenvalue weighted by atomic mass is 16.4. The lowest BCUT2D eigenvalue weighted by molar-refractivity contribution is -0.138. The smallest absolute Gasteiger partial charge is 0.320 e. The number of rotatable bonds is 3. The fourth-order valence-electron chi connectivity index (χ4n) is 0.726. The number of aliphatic carboxylic acids is 1. The summed E-state index contributed by atoms with van der Waals surface area (Å²) in [6, 6.07) is -0.923. The Morgan fingerprint density at radius 2 is 2.36 bits per heavy atom. The molecule has 11 heavy (non-hydrogen) atoms. The van der Waals surface area contributed by atoms with E-state index in [1.54, 1.807) is 0 Å². The van der Waals surface area contributed by atoms with Gasteiger partial charge in [0.05, 0.1) is 0 Å². The summed E-state index contributed by atoms with van der Waals surface area (Å²) in [6.07, 6.45) is 5.29. The lowest BCUT2D eigenvalue weighted by Gasteiger charge is -2.07. The van der Waals surface area contributed by atoms with Gasteiger partial charge in [-0.25, -0.2) is 10.9 Å². The number of carboxylic acid groups (broad SMARTS) is 1. The second-order valence-electron chi connectivity index (χ2n) is 2.45. The van der Waals surface area contributed by atoms with E-state index in [2.05, 4.69) is 16.8 Å². The van der Waals surface area contributed by atoms with E-state index < -0.39 is 17.7 Å². The minimum absolute atomic E-state index is 0.193.